The van der Waals surface area contributed by atoms with E-state index in [1.807, 2.05) is 0 Å². The molecule has 13 heavy (non-hydrogen) atoms. The van der Waals surface area contributed by atoms with E-state index in [1.54, 1.807) is 11.3 Å². The van der Waals surface area contributed by atoms with Crippen LogP contribution < -0.4 is 0 Å². The standard InChI is InChI=1S/C11H18OS/c1-7-6-9(8(2)13-7)10(12)11(3,4)5/h6,10,12H,1-5H3. The Morgan fingerprint density at radius 3 is 2.15 bits per heavy atom. The highest BCUT2D eigenvalue weighted by molar-refractivity contribution is 7.12. The van der Waals surface area contributed by atoms with E-state index in [9.17, 15) is 5.11 Å². The molecule has 0 aliphatic heterocycles. The second-order valence-corrected chi connectivity index (χ2v) is 6.10. The highest BCUT2D eigenvalue weighted by Gasteiger charge is 2.25. The van der Waals surface area contributed by atoms with Crippen LogP contribution in [-0.4, -0.2) is 5.11 Å². The summed E-state index contributed by atoms with van der Waals surface area (Å²) in [6.07, 6.45) is -0.350. The van der Waals surface area contributed by atoms with Gasteiger partial charge in [0, 0.05) is 9.75 Å². The van der Waals surface area contributed by atoms with E-state index in [4.69, 9.17) is 0 Å². The van der Waals surface area contributed by atoms with Crippen LogP contribution in [0.5, 0.6) is 0 Å². The Kier molecular flexibility index (Phi) is 2.83. The zero-order valence-corrected chi connectivity index (χ0v) is 9.83. The average Bonchev–Trinajstić information content (AvgIpc) is 2.26. The fraction of sp³-hybridized carbons (Fsp3) is 0.636. The first kappa shape index (κ1) is 10.7. The van der Waals surface area contributed by atoms with Gasteiger partial charge in [-0.3, -0.25) is 0 Å². The van der Waals surface area contributed by atoms with Crippen LogP contribution in [0.1, 0.15) is 42.2 Å². The van der Waals surface area contributed by atoms with Gasteiger partial charge in [0.15, 0.2) is 0 Å². The first-order valence-electron chi connectivity index (χ1n) is 4.57. The molecule has 1 rings (SSSR count). The molecule has 74 valence electrons. The molecule has 0 radical (unpaired) electrons. The Hall–Kier alpha value is -0.340. The molecular weight excluding hydrogens is 180 g/mol. The Labute approximate surface area is 84.4 Å². The minimum atomic E-state index is -0.350. The third-order valence-corrected chi connectivity index (χ3v) is 3.18. The van der Waals surface area contributed by atoms with Crippen LogP contribution >= 0.6 is 11.3 Å². The van der Waals surface area contributed by atoms with Crippen molar-refractivity contribution in [3.63, 3.8) is 0 Å². The van der Waals surface area contributed by atoms with Crippen LogP contribution in [0, 0.1) is 19.3 Å². The Balaban J connectivity index is 3.01. The number of hydrogen-bond donors (Lipinski definition) is 1. The lowest BCUT2D eigenvalue weighted by molar-refractivity contribution is 0.0625. The lowest BCUT2D eigenvalue weighted by Crippen LogP contribution is -2.17. The van der Waals surface area contributed by atoms with Crippen LogP contribution in [0.4, 0.5) is 0 Å². The Bertz CT molecular complexity index is 294. The smallest absolute Gasteiger partial charge is 0.0848 e. The highest BCUT2D eigenvalue weighted by atomic mass is 32.1. The van der Waals surface area contributed by atoms with Crippen molar-refractivity contribution in [1.82, 2.24) is 0 Å². The van der Waals surface area contributed by atoms with E-state index in [0.29, 0.717) is 0 Å². The van der Waals surface area contributed by atoms with Gasteiger partial charge >= 0.3 is 0 Å². The van der Waals surface area contributed by atoms with E-state index in [0.717, 1.165) is 5.56 Å². The van der Waals surface area contributed by atoms with Gasteiger partial charge in [-0.1, -0.05) is 20.8 Å². The molecule has 0 fully saturated rings. The van der Waals surface area contributed by atoms with Crippen LogP contribution in [0.25, 0.3) is 0 Å². The zero-order chi connectivity index (χ0) is 10.2. The van der Waals surface area contributed by atoms with Crippen LogP contribution in [0.2, 0.25) is 0 Å². The lowest BCUT2D eigenvalue weighted by Gasteiger charge is -2.25. The maximum absolute atomic E-state index is 10.1. The number of thiophene rings is 1. The molecule has 1 heterocycles. The maximum Gasteiger partial charge on any atom is 0.0848 e. The summed E-state index contributed by atoms with van der Waals surface area (Å²) < 4.78 is 0. The lowest BCUT2D eigenvalue weighted by atomic mass is 9.85. The fourth-order valence-corrected chi connectivity index (χ4v) is 2.35. The van der Waals surface area contributed by atoms with Crippen LogP contribution in [0.3, 0.4) is 0 Å². The largest absolute Gasteiger partial charge is 0.388 e. The molecule has 0 aliphatic carbocycles. The van der Waals surface area contributed by atoms with E-state index in [2.05, 4.69) is 40.7 Å². The summed E-state index contributed by atoms with van der Waals surface area (Å²) >= 11 is 1.75. The van der Waals surface area contributed by atoms with Gasteiger partial charge in [0.25, 0.3) is 0 Å². The zero-order valence-electron chi connectivity index (χ0n) is 9.01. The third-order valence-electron chi connectivity index (χ3n) is 2.19. The van der Waals surface area contributed by atoms with Crippen molar-refractivity contribution in [2.24, 2.45) is 5.41 Å². The summed E-state index contributed by atoms with van der Waals surface area (Å²) in [5, 5.41) is 10.1. The summed E-state index contributed by atoms with van der Waals surface area (Å²) in [6, 6.07) is 2.09. The minimum absolute atomic E-state index is 0.0712. The van der Waals surface area contributed by atoms with E-state index < -0.39 is 0 Å². The van der Waals surface area contributed by atoms with Crippen molar-refractivity contribution in [2.45, 2.75) is 40.7 Å². The van der Waals surface area contributed by atoms with Gasteiger partial charge in [-0.05, 0) is 30.9 Å². The monoisotopic (exact) mass is 198 g/mol. The number of rotatable bonds is 1. The molecule has 0 bridgehead atoms. The molecule has 1 unspecified atom stereocenters. The van der Waals surface area contributed by atoms with Gasteiger partial charge < -0.3 is 5.11 Å². The molecule has 1 aromatic heterocycles. The normalized spacial score (nSPS) is 14.6. The predicted molar refractivity (Wildman–Crippen MR) is 58.2 cm³/mol. The van der Waals surface area contributed by atoms with Crippen molar-refractivity contribution < 1.29 is 5.11 Å². The number of aliphatic hydroxyl groups excluding tert-OH is 1. The maximum atomic E-state index is 10.1. The number of hydrogen-bond acceptors (Lipinski definition) is 2. The third kappa shape index (κ3) is 2.32. The molecule has 0 aliphatic rings. The topological polar surface area (TPSA) is 20.2 Å². The quantitative estimate of drug-likeness (QED) is 0.733. The summed E-state index contributed by atoms with van der Waals surface area (Å²) in [7, 11) is 0. The van der Waals surface area contributed by atoms with Crippen molar-refractivity contribution in [1.29, 1.82) is 0 Å². The van der Waals surface area contributed by atoms with Gasteiger partial charge in [-0.2, -0.15) is 0 Å². The molecule has 0 aromatic carbocycles. The molecule has 0 amide bonds. The van der Waals surface area contributed by atoms with Gasteiger partial charge in [0.1, 0.15) is 0 Å². The summed E-state index contributed by atoms with van der Waals surface area (Å²) in [5.74, 6) is 0. The molecular formula is C11H18OS. The molecule has 0 spiro atoms. The highest BCUT2D eigenvalue weighted by Crippen LogP contribution is 2.37. The Morgan fingerprint density at radius 1 is 1.31 bits per heavy atom. The van der Waals surface area contributed by atoms with E-state index in [-0.39, 0.29) is 11.5 Å². The van der Waals surface area contributed by atoms with E-state index in [1.165, 1.54) is 9.75 Å². The fourth-order valence-electron chi connectivity index (χ4n) is 1.39. The van der Waals surface area contributed by atoms with Crippen molar-refractivity contribution in [3.8, 4) is 0 Å². The molecule has 1 atom stereocenters. The molecule has 2 heteroatoms. The van der Waals surface area contributed by atoms with Crippen LogP contribution in [-0.2, 0) is 0 Å². The first-order valence-corrected chi connectivity index (χ1v) is 5.39. The summed E-state index contributed by atoms with van der Waals surface area (Å²) in [4.78, 5) is 2.51. The first-order chi connectivity index (χ1) is 5.82. The van der Waals surface area contributed by atoms with Crippen molar-refractivity contribution in [3.05, 3.63) is 21.4 Å². The number of aryl methyl sites for hydroxylation is 2. The molecule has 1 aromatic rings. The van der Waals surface area contributed by atoms with E-state index >= 15 is 0 Å². The van der Waals surface area contributed by atoms with Gasteiger partial charge in [-0.15, -0.1) is 11.3 Å². The van der Waals surface area contributed by atoms with Gasteiger partial charge in [0.2, 0.25) is 0 Å². The molecule has 1 nitrogen and oxygen atoms in total. The second-order valence-electron chi connectivity index (χ2n) is 4.64. The molecule has 0 saturated carbocycles. The SMILES string of the molecule is Cc1cc(C(O)C(C)(C)C)c(C)s1. The molecule has 0 saturated heterocycles. The van der Waals surface area contributed by atoms with Crippen molar-refractivity contribution >= 4 is 11.3 Å². The summed E-state index contributed by atoms with van der Waals surface area (Å²) in [6.45, 7) is 10.3. The Morgan fingerprint density at radius 2 is 1.85 bits per heavy atom. The summed E-state index contributed by atoms with van der Waals surface area (Å²) in [5.41, 5.74) is 1.02. The van der Waals surface area contributed by atoms with Crippen LogP contribution in [0.15, 0.2) is 6.07 Å². The number of aliphatic hydroxyl groups is 1. The molecule has 1 N–H and O–H groups in total. The van der Waals surface area contributed by atoms with Crippen molar-refractivity contribution in [2.75, 3.05) is 0 Å². The van der Waals surface area contributed by atoms with Gasteiger partial charge in [0.05, 0.1) is 6.10 Å². The second kappa shape index (κ2) is 3.43. The average molecular weight is 198 g/mol. The minimum Gasteiger partial charge on any atom is -0.388 e. The predicted octanol–water partition coefficient (Wildman–Crippen LogP) is 3.44. The van der Waals surface area contributed by atoms with Gasteiger partial charge in [-0.25, -0.2) is 0 Å².